The molecule has 0 aliphatic heterocycles. The highest BCUT2D eigenvalue weighted by Gasteiger charge is 2.15. The molecule has 2 aromatic carbocycles. The monoisotopic (exact) mass is 290 g/mol. The summed E-state index contributed by atoms with van der Waals surface area (Å²) in [6.07, 6.45) is 0. The van der Waals surface area contributed by atoms with E-state index in [1.807, 2.05) is 26.8 Å². The summed E-state index contributed by atoms with van der Waals surface area (Å²) < 4.78 is 27.3. The Bertz CT molecular complexity index is 752. The molecule has 0 saturated heterocycles. The molecule has 0 bridgehead atoms. The predicted octanol–water partition coefficient (Wildman–Crippen LogP) is 2.99. The zero-order valence-corrected chi connectivity index (χ0v) is 12.6. The number of hydrogen-bond donors (Lipinski definition) is 2. The van der Waals surface area contributed by atoms with Crippen LogP contribution in [0.2, 0.25) is 0 Å². The lowest BCUT2D eigenvalue weighted by Crippen LogP contribution is -2.14. The van der Waals surface area contributed by atoms with Crippen molar-refractivity contribution in [3.63, 3.8) is 0 Å². The van der Waals surface area contributed by atoms with Crippen molar-refractivity contribution in [2.45, 2.75) is 25.7 Å². The van der Waals surface area contributed by atoms with E-state index in [0.717, 1.165) is 16.7 Å². The molecule has 0 aromatic heterocycles. The fraction of sp³-hybridized carbons (Fsp3) is 0.200. The van der Waals surface area contributed by atoms with Crippen molar-refractivity contribution in [2.75, 3.05) is 10.5 Å². The predicted molar refractivity (Wildman–Crippen MR) is 82.3 cm³/mol. The topological polar surface area (TPSA) is 72.2 Å². The van der Waals surface area contributed by atoms with Gasteiger partial charge in [0.2, 0.25) is 0 Å². The summed E-state index contributed by atoms with van der Waals surface area (Å²) in [7, 11) is -3.58. The second-order valence-electron chi connectivity index (χ2n) is 4.95. The molecule has 0 amide bonds. The van der Waals surface area contributed by atoms with Gasteiger partial charge in [-0.1, -0.05) is 12.1 Å². The summed E-state index contributed by atoms with van der Waals surface area (Å²) in [6, 6.07) is 10.3. The second-order valence-corrected chi connectivity index (χ2v) is 6.63. The number of sulfonamides is 1. The Hall–Kier alpha value is -2.01. The first-order valence-corrected chi connectivity index (χ1v) is 7.74. The summed E-state index contributed by atoms with van der Waals surface area (Å²) in [6.45, 7) is 5.53. The van der Waals surface area contributed by atoms with Crippen LogP contribution in [0.4, 0.5) is 11.4 Å². The third kappa shape index (κ3) is 2.93. The van der Waals surface area contributed by atoms with Crippen LogP contribution >= 0.6 is 0 Å². The van der Waals surface area contributed by atoms with Gasteiger partial charge in [-0.2, -0.15) is 0 Å². The van der Waals surface area contributed by atoms with Gasteiger partial charge in [-0.25, -0.2) is 8.42 Å². The quantitative estimate of drug-likeness (QED) is 0.854. The number of benzene rings is 2. The fourth-order valence-electron chi connectivity index (χ4n) is 1.93. The van der Waals surface area contributed by atoms with Gasteiger partial charge >= 0.3 is 0 Å². The molecule has 0 unspecified atom stereocenters. The lowest BCUT2D eigenvalue weighted by molar-refractivity contribution is 0.601. The van der Waals surface area contributed by atoms with Crippen LogP contribution in [0.3, 0.4) is 0 Å². The minimum atomic E-state index is -3.58. The molecule has 0 saturated carbocycles. The first kappa shape index (κ1) is 14.4. The van der Waals surface area contributed by atoms with Gasteiger partial charge in [0.25, 0.3) is 10.0 Å². The zero-order chi connectivity index (χ0) is 14.9. The summed E-state index contributed by atoms with van der Waals surface area (Å²) in [4.78, 5) is 0.256. The molecular weight excluding hydrogens is 272 g/mol. The number of rotatable bonds is 3. The highest BCUT2D eigenvalue weighted by atomic mass is 32.2. The van der Waals surface area contributed by atoms with Crippen LogP contribution in [0.1, 0.15) is 16.7 Å². The number of aryl methyl sites for hydroxylation is 3. The molecule has 4 nitrogen and oxygen atoms in total. The Morgan fingerprint density at radius 2 is 1.70 bits per heavy atom. The summed E-state index contributed by atoms with van der Waals surface area (Å²) in [5, 5.41) is 0. The molecule has 0 spiro atoms. The highest BCUT2D eigenvalue weighted by Crippen LogP contribution is 2.25. The van der Waals surface area contributed by atoms with Crippen molar-refractivity contribution >= 4 is 21.4 Å². The third-order valence-electron chi connectivity index (χ3n) is 3.16. The van der Waals surface area contributed by atoms with Crippen LogP contribution in [0.25, 0.3) is 0 Å². The highest BCUT2D eigenvalue weighted by molar-refractivity contribution is 7.92. The largest absolute Gasteiger partial charge is 0.399 e. The standard InChI is InChI=1S/C15H18N2O2S/c1-10-5-4-6-13(7-10)20(18,19)17-15-9-11(2)14(16)8-12(15)3/h4-9,17H,16H2,1-3H3. The Labute approximate surface area is 119 Å². The zero-order valence-electron chi connectivity index (χ0n) is 11.8. The fourth-order valence-corrected chi connectivity index (χ4v) is 3.16. The molecule has 0 heterocycles. The van der Waals surface area contributed by atoms with Gasteiger partial charge in [-0.3, -0.25) is 4.72 Å². The van der Waals surface area contributed by atoms with E-state index in [-0.39, 0.29) is 4.90 Å². The van der Waals surface area contributed by atoms with Gasteiger partial charge in [-0.15, -0.1) is 0 Å². The summed E-state index contributed by atoms with van der Waals surface area (Å²) in [5.41, 5.74) is 9.56. The average molecular weight is 290 g/mol. The van der Waals surface area contributed by atoms with E-state index in [1.54, 1.807) is 30.3 Å². The SMILES string of the molecule is Cc1cccc(S(=O)(=O)Nc2cc(C)c(N)cc2C)c1. The number of nitrogens with two attached hydrogens (primary N) is 1. The maximum atomic E-state index is 12.4. The molecule has 106 valence electrons. The molecule has 0 radical (unpaired) electrons. The third-order valence-corrected chi connectivity index (χ3v) is 4.52. The normalized spacial score (nSPS) is 11.3. The Balaban J connectivity index is 2.41. The van der Waals surface area contributed by atoms with E-state index in [1.165, 1.54) is 0 Å². The molecule has 0 atom stereocenters. The van der Waals surface area contributed by atoms with Gasteiger partial charge < -0.3 is 5.73 Å². The van der Waals surface area contributed by atoms with Gasteiger partial charge in [0.05, 0.1) is 10.6 Å². The number of hydrogen-bond acceptors (Lipinski definition) is 3. The van der Waals surface area contributed by atoms with Gasteiger partial charge in [0.1, 0.15) is 0 Å². The smallest absolute Gasteiger partial charge is 0.261 e. The van der Waals surface area contributed by atoms with Crippen molar-refractivity contribution in [1.29, 1.82) is 0 Å². The van der Waals surface area contributed by atoms with E-state index < -0.39 is 10.0 Å². The molecule has 2 rings (SSSR count). The van der Waals surface area contributed by atoms with Crippen LogP contribution in [0.15, 0.2) is 41.3 Å². The molecular formula is C15H18N2O2S. The van der Waals surface area contributed by atoms with Crippen LogP contribution in [0, 0.1) is 20.8 Å². The molecule has 0 fully saturated rings. The van der Waals surface area contributed by atoms with Crippen molar-refractivity contribution < 1.29 is 8.42 Å². The van der Waals surface area contributed by atoms with Gasteiger partial charge in [0, 0.05) is 5.69 Å². The van der Waals surface area contributed by atoms with E-state index in [9.17, 15) is 8.42 Å². The Morgan fingerprint density at radius 1 is 1.00 bits per heavy atom. The van der Waals surface area contributed by atoms with Crippen LogP contribution in [-0.4, -0.2) is 8.42 Å². The number of nitrogen functional groups attached to an aromatic ring is 1. The maximum absolute atomic E-state index is 12.4. The van der Waals surface area contributed by atoms with Crippen LogP contribution < -0.4 is 10.5 Å². The Kier molecular flexibility index (Phi) is 3.72. The van der Waals surface area contributed by atoms with Crippen molar-refractivity contribution in [1.82, 2.24) is 0 Å². The Morgan fingerprint density at radius 3 is 2.35 bits per heavy atom. The maximum Gasteiger partial charge on any atom is 0.261 e. The van der Waals surface area contributed by atoms with Crippen molar-refractivity contribution in [3.8, 4) is 0 Å². The molecule has 0 aliphatic carbocycles. The lowest BCUT2D eigenvalue weighted by Gasteiger charge is -2.13. The first-order chi connectivity index (χ1) is 9.29. The molecule has 0 aliphatic rings. The molecule has 20 heavy (non-hydrogen) atoms. The van der Waals surface area contributed by atoms with E-state index in [2.05, 4.69) is 4.72 Å². The number of anilines is 2. The average Bonchev–Trinajstić information content (AvgIpc) is 2.36. The van der Waals surface area contributed by atoms with Crippen molar-refractivity contribution in [3.05, 3.63) is 53.1 Å². The summed E-state index contributed by atoms with van der Waals surface area (Å²) in [5.74, 6) is 0. The van der Waals surface area contributed by atoms with Gasteiger partial charge in [-0.05, 0) is 61.7 Å². The molecule has 3 N–H and O–H groups in total. The lowest BCUT2D eigenvalue weighted by atomic mass is 10.1. The number of nitrogens with one attached hydrogen (secondary N) is 1. The van der Waals surface area contributed by atoms with Gasteiger partial charge in [0.15, 0.2) is 0 Å². The van der Waals surface area contributed by atoms with Crippen LogP contribution in [-0.2, 0) is 10.0 Å². The second kappa shape index (κ2) is 5.17. The molecule has 2 aromatic rings. The molecule has 5 heteroatoms. The minimum Gasteiger partial charge on any atom is -0.399 e. The van der Waals surface area contributed by atoms with E-state index in [4.69, 9.17) is 5.73 Å². The van der Waals surface area contributed by atoms with Crippen molar-refractivity contribution in [2.24, 2.45) is 0 Å². The van der Waals surface area contributed by atoms with E-state index in [0.29, 0.717) is 11.4 Å². The minimum absolute atomic E-state index is 0.256. The van der Waals surface area contributed by atoms with Crippen LogP contribution in [0.5, 0.6) is 0 Å². The van der Waals surface area contributed by atoms with E-state index >= 15 is 0 Å². The summed E-state index contributed by atoms with van der Waals surface area (Å²) >= 11 is 0. The first-order valence-electron chi connectivity index (χ1n) is 6.26.